The molecule has 1 amide bonds. The number of nitrogens with zero attached hydrogens (tertiary/aromatic N) is 1. The molecule has 0 unspecified atom stereocenters. The van der Waals surface area contributed by atoms with E-state index in [-0.39, 0.29) is 42.6 Å². The minimum Gasteiger partial charge on any atom is -0.495 e. The number of hydrogen-bond acceptors (Lipinski definition) is 5. The zero-order valence-corrected chi connectivity index (χ0v) is 16.4. The third-order valence-corrected chi connectivity index (χ3v) is 6.34. The van der Waals surface area contributed by atoms with Crippen LogP contribution in [0.3, 0.4) is 0 Å². The second-order valence-electron chi connectivity index (χ2n) is 6.27. The Morgan fingerprint density at radius 2 is 1.79 bits per heavy atom. The van der Waals surface area contributed by atoms with Crippen LogP contribution in [0.15, 0.2) is 53.4 Å². The van der Waals surface area contributed by atoms with Gasteiger partial charge < -0.3 is 14.8 Å². The zero-order valence-electron chi connectivity index (χ0n) is 15.6. The quantitative estimate of drug-likeness (QED) is 0.767. The molecule has 1 fully saturated rings. The first kappa shape index (κ1) is 21.2. The lowest BCUT2D eigenvalue weighted by atomic mass is 10.1. The van der Waals surface area contributed by atoms with Gasteiger partial charge in [0.25, 0.3) is 5.91 Å². The highest BCUT2D eigenvalue weighted by molar-refractivity contribution is 7.89. The van der Waals surface area contributed by atoms with Crippen molar-refractivity contribution in [3.05, 3.63) is 54.1 Å². The maximum absolute atomic E-state index is 14.5. The molecular formula is C19H20F2N2O5S. The number of nitrogens with one attached hydrogen (secondary N) is 1. The van der Waals surface area contributed by atoms with E-state index in [0.717, 1.165) is 18.2 Å². The van der Waals surface area contributed by atoms with E-state index >= 15 is 0 Å². The Hall–Kier alpha value is -2.56. The summed E-state index contributed by atoms with van der Waals surface area (Å²) >= 11 is 0. The van der Waals surface area contributed by atoms with Gasteiger partial charge in [-0.3, -0.25) is 4.79 Å². The number of benzene rings is 2. The number of alkyl halides is 2. The Morgan fingerprint density at radius 1 is 1.14 bits per heavy atom. The molecule has 1 aliphatic heterocycles. The first-order valence-corrected chi connectivity index (χ1v) is 10.2. The zero-order chi connectivity index (χ0) is 21.1. The van der Waals surface area contributed by atoms with Crippen LogP contribution in [0.4, 0.5) is 14.5 Å². The van der Waals surface area contributed by atoms with Crippen LogP contribution in [0, 0.1) is 0 Å². The van der Waals surface area contributed by atoms with E-state index < -0.39 is 27.4 Å². The summed E-state index contributed by atoms with van der Waals surface area (Å²) in [7, 11) is -2.59. The fourth-order valence-electron chi connectivity index (χ4n) is 2.86. The third-order valence-electron chi connectivity index (χ3n) is 4.45. The number of methoxy groups -OCH3 is 1. The van der Waals surface area contributed by atoms with Crippen LogP contribution in [0.2, 0.25) is 0 Å². The first-order chi connectivity index (χ1) is 13.8. The van der Waals surface area contributed by atoms with E-state index in [2.05, 4.69) is 5.32 Å². The smallest absolute Gasteiger partial charge is 0.350 e. The number of anilines is 1. The number of ether oxygens (including phenoxy) is 2. The molecule has 29 heavy (non-hydrogen) atoms. The Balaban J connectivity index is 1.90. The predicted octanol–water partition coefficient (Wildman–Crippen LogP) is 2.45. The van der Waals surface area contributed by atoms with Crippen LogP contribution >= 0.6 is 0 Å². The van der Waals surface area contributed by atoms with E-state index in [1.165, 1.54) is 35.7 Å². The molecule has 156 valence electrons. The second kappa shape index (κ2) is 8.44. The molecule has 0 aliphatic carbocycles. The molecule has 0 saturated carbocycles. The van der Waals surface area contributed by atoms with E-state index in [9.17, 15) is 22.0 Å². The SMILES string of the molecule is COc1ccc(S(=O)(=O)N2CCOCC2)cc1NC(=O)C(F)(F)c1ccccc1. The number of carbonyl (C=O) groups is 1. The van der Waals surface area contributed by atoms with Gasteiger partial charge in [-0.05, 0) is 18.2 Å². The van der Waals surface area contributed by atoms with Crippen molar-refractivity contribution >= 4 is 21.6 Å². The predicted molar refractivity (Wildman–Crippen MR) is 102 cm³/mol. The summed E-state index contributed by atoms with van der Waals surface area (Å²) in [6.07, 6.45) is 0. The summed E-state index contributed by atoms with van der Waals surface area (Å²) in [5.74, 6) is -5.35. The molecule has 10 heteroatoms. The van der Waals surface area contributed by atoms with Crippen molar-refractivity contribution in [2.75, 3.05) is 38.7 Å². The number of rotatable bonds is 6. The van der Waals surface area contributed by atoms with E-state index in [1.807, 2.05) is 0 Å². The van der Waals surface area contributed by atoms with Crippen molar-refractivity contribution in [2.45, 2.75) is 10.8 Å². The largest absolute Gasteiger partial charge is 0.495 e. The number of halogens is 2. The van der Waals surface area contributed by atoms with Crippen molar-refractivity contribution in [1.29, 1.82) is 0 Å². The van der Waals surface area contributed by atoms with Crippen molar-refractivity contribution < 1.29 is 31.5 Å². The van der Waals surface area contributed by atoms with Crippen LogP contribution in [0.1, 0.15) is 5.56 Å². The van der Waals surface area contributed by atoms with Gasteiger partial charge in [0.1, 0.15) is 5.75 Å². The topological polar surface area (TPSA) is 84.9 Å². The summed E-state index contributed by atoms with van der Waals surface area (Å²) in [5.41, 5.74) is -0.643. The first-order valence-electron chi connectivity index (χ1n) is 8.77. The van der Waals surface area contributed by atoms with Crippen molar-refractivity contribution in [1.82, 2.24) is 4.31 Å². The highest BCUT2D eigenvalue weighted by Crippen LogP contribution is 2.33. The van der Waals surface area contributed by atoms with E-state index in [0.29, 0.717) is 0 Å². The molecule has 0 radical (unpaired) electrons. The molecule has 1 heterocycles. The van der Waals surface area contributed by atoms with Crippen molar-refractivity contribution in [2.24, 2.45) is 0 Å². The van der Waals surface area contributed by atoms with Gasteiger partial charge in [-0.15, -0.1) is 0 Å². The molecule has 2 aromatic carbocycles. The van der Waals surface area contributed by atoms with E-state index in [1.54, 1.807) is 6.07 Å². The van der Waals surface area contributed by atoms with Gasteiger partial charge in [-0.1, -0.05) is 30.3 Å². The molecular weight excluding hydrogens is 406 g/mol. The van der Waals surface area contributed by atoms with Gasteiger partial charge in [0.05, 0.1) is 30.9 Å². The highest BCUT2D eigenvalue weighted by Gasteiger charge is 2.41. The Bertz CT molecular complexity index is 977. The molecule has 0 atom stereocenters. The van der Waals surface area contributed by atoms with Crippen LogP contribution in [0.25, 0.3) is 0 Å². The molecule has 3 rings (SSSR count). The number of sulfonamides is 1. The maximum Gasteiger partial charge on any atom is 0.350 e. The van der Waals surface area contributed by atoms with Gasteiger partial charge in [0.2, 0.25) is 10.0 Å². The number of carbonyl (C=O) groups excluding carboxylic acids is 1. The van der Waals surface area contributed by atoms with Crippen LogP contribution in [-0.4, -0.2) is 52.0 Å². The summed E-state index contributed by atoms with van der Waals surface area (Å²) in [6, 6.07) is 10.3. The monoisotopic (exact) mass is 426 g/mol. The summed E-state index contributed by atoms with van der Waals surface area (Å²) < 4.78 is 66.1. The number of hydrogen-bond donors (Lipinski definition) is 1. The lowest BCUT2D eigenvalue weighted by molar-refractivity contribution is -0.140. The lowest BCUT2D eigenvalue weighted by Crippen LogP contribution is -2.40. The third kappa shape index (κ3) is 4.39. The van der Waals surface area contributed by atoms with Gasteiger partial charge in [0.15, 0.2) is 0 Å². The molecule has 1 aliphatic rings. The normalized spacial score (nSPS) is 15.7. The van der Waals surface area contributed by atoms with Crippen LogP contribution in [0.5, 0.6) is 5.75 Å². The molecule has 2 aromatic rings. The highest BCUT2D eigenvalue weighted by atomic mass is 32.2. The summed E-state index contributed by atoms with van der Waals surface area (Å²) in [6.45, 7) is 0.898. The minimum atomic E-state index is -3.87. The number of amides is 1. The molecule has 1 N–H and O–H groups in total. The van der Waals surface area contributed by atoms with Gasteiger partial charge >= 0.3 is 5.92 Å². The molecule has 7 nitrogen and oxygen atoms in total. The molecule has 0 bridgehead atoms. The minimum absolute atomic E-state index is 0.0585. The van der Waals surface area contributed by atoms with Crippen LogP contribution in [-0.2, 0) is 25.5 Å². The average molecular weight is 426 g/mol. The molecule has 0 spiro atoms. The fourth-order valence-corrected chi connectivity index (χ4v) is 4.30. The Morgan fingerprint density at radius 3 is 2.41 bits per heavy atom. The second-order valence-corrected chi connectivity index (χ2v) is 8.21. The number of morpholine rings is 1. The lowest BCUT2D eigenvalue weighted by Gasteiger charge is -2.26. The fraction of sp³-hybridized carbons (Fsp3) is 0.316. The average Bonchev–Trinajstić information content (AvgIpc) is 2.74. The van der Waals surface area contributed by atoms with Gasteiger partial charge in [0, 0.05) is 18.7 Å². The van der Waals surface area contributed by atoms with Gasteiger partial charge in [-0.2, -0.15) is 13.1 Å². The maximum atomic E-state index is 14.5. The van der Waals surface area contributed by atoms with Crippen LogP contribution < -0.4 is 10.1 Å². The molecule has 1 saturated heterocycles. The van der Waals surface area contributed by atoms with Gasteiger partial charge in [-0.25, -0.2) is 8.42 Å². The Labute approximate surface area is 167 Å². The Kier molecular flexibility index (Phi) is 6.15. The summed E-state index contributed by atoms with van der Waals surface area (Å²) in [4.78, 5) is 12.1. The molecule has 0 aromatic heterocycles. The standard InChI is InChI=1S/C19H20F2N2O5S/c1-27-17-8-7-15(29(25,26)23-9-11-28-12-10-23)13-16(17)22-18(24)19(20,21)14-5-3-2-4-6-14/h2-8,13H,9-12H2,1H3,(H,22,24). The van der Waals surface area contributed by atoms with E-state index in [4.69, 9.17) is 9.47 Å². The van der Waals surface area contributed by atoms with Crippen molar-refractivity contribution in [3.63, 3.8) is 0 Å². The summed E-state index contributed by atoms with van der Waals surface area (Å²) in [5, 5.41) is 2.09. The van der Waals surface area contributed by atoms with Crippen molar-refractivity contribution in [3.8, 4) is 5.75 Å².